The van der Waals surface area contributed by atoms with Gasteiger partial charge in [-0.1, -0.05) is 6.92 Å². The highest BCUT2D eigenvalue weighted by Crippen LogP contribution is 2.34. The van der Waals surface area contributed by atoms with E-state index in [2.05, 4.69) is 5.10 Å². The Labute approximate surface area is 102 Å². The van der Waals surface area contributed by atoms with Crippen LogP contribution in [-0.2, 0) is 10.3 Å². The molecule has 1 heterocycles. The third-order valence-corrected chi connectivity index (χ3v) is 2.88. The Bertz CT molecular complexity index is 363. The summed E-state index contributed by atoms with van der Waals surface area (Å²) in [5.74, 6) is 0.597. The first-order valence-electron chi connectivity index (χ1n) is 5.83. The molecule has 1 aromatic heterocycles. The lowest BCUT2D eigenvalue weighted by Gasteiger charge is -2.28. The molecule has 0 spiro atoms. The summed E-state index contributed by atoms with van der Waals surface area (Å²) in [4.78, 5) is 0. The van der Waals surface area contributed by atoms with Gasteiger partial charge in [0.25, 0.3) is 0 Å². The quantitative estimate of drug-likeness (QED) is 0.825. The average molecular weight is 242 g/mol. The summed E-state index contributed by atoms with van der Waals surface area (Å²) >= 11 is 0. The number of ether oxygens (including phenoxy) is 2. The van der Waals surface area contributed by atoms with E-state index in [4.69, 9.17) is 9.47 Å². The van der Waals surface area contributed by atoms with Crippen LogP contribution >= 0.6 is 0 Å². The zero-order valence-corrected chi connectivity index (χ0v) is 11.2. The van der Waals surface area contributed by atoms with Crippen molar-refractivity contribution in [1.29, 1.82) is 0 Å². The van der Waals surface area contributed by atoms with Crippen LogP contribution in [-0.4, -0.2) is 35.7 Å². The van der Waals surface area contributed by atoms with Crippen molar-refractivity contribution in [3.63, 3.8) is 0 Å². The Morgan fingerprint density at radius 1 is 1.47 bits per heavy atom. The van der Waals surface area contributed by atoms with E-state index in [9.17, 15) is 5.11 Å². The minimum Gasteiger partial charge on any atom is -0.493 e. The first kappa shape index (κ1) is 14.0. The first-order chi connectivity index (χ1) is 8.00. The summed E-state index contributed by atoms with van der Waals surface area (Å²) in [5.41, 5.74) is -0.389. The molecule has 0 saturated heterocycles. The number of nitrogens with zero attached hydrogens (tertiary/aromatic N) is 2. The molecule has 5 nitrogen and oxygen atoms in total. The van der Waals surface area contributed by atoms with Crippen LogP contribution in [0.2, 0.25) is 0 Å². The van der Waals surface area contributed by atoms with Gasteiger partial charge in [-0.15, -0.1) is 0 Å². The monoisotopic (exact) mass is 242 g/mol. The zero-order valence-electron chi connectivity index (χ0n) is 11.2. The van der Waals surface area contributed by atoms with Crippen LogP contribution in [0.25, 0.3) is 0 Å². The number of rotatable bonds is 6. The Hall–Kier alpha value is -1.07. The molecule has 0 saturated carbocycles. The van der Waals surface area contributed by atoms with Crippen LogP contribution in [0.1, 0.15) is 38.9 Å². The van der Waals surface area contributed by atoms with E-state index in [1.165, 1.54) is 0 Å². The molecule has 0 radical (unpaired) electrons. The molecule has 1 unspecified atom stereocenters. The Balaban J connectivity index is 3.28. The second-order valence-electron chi connectivity index (χ2n) is 4.42. The smallest absolute Gasteiger partial charge is 0.163 e. The minimum atomic E-state index is -1.07. The molecular formula is C12H22N2O3. The Kier molecular flexibility index (Phi) is 4.54. The van der Waals surface area contributed by atoms with Crippen molar-refractivity contribution in [3.8, 4) is 5.75 Å². The fourth-order valence-electron chi connectivity index (χ4n) is 1.91. The van der Waals surface area contributed by atoms with Crippen LogP contribution in [0.5, 0.6) is 5.75 Å². The van der Waals surface area contributed by atoms with E-state index in [0.29, 0.717) is 17.9 Å². The van der Waals surface area contributed by atoms with E-state index < -0.39 is 5.60 Å². The van der Waals surface area contributed by atoms with Crippen molar-refractivity contribution in [3.05, 3.63) is 11.9 Å². The molecule has 0 aliphatic heterocycles. The number of aliphatic hydroxyl groups is 1. The third kappa shape index (κ3) is 2.61. The summed E-state index contributed by atoms with van der Waals surface area (Å²) in [6.07, 6.45) is 2.17. The molecular weight excluding hydrogens is 220 g/mol. The topological polar surface area (TPSA) is 56.5 Å². The lowest BCUT2D eigenvalue weighted by atomic mass is 9.96. The SMILES string of the molecule is CCC(O)(COC)c1c(OC)cnn1C(C)C. The van der Waals surface area contributed by atoms with Gasteiger partial charge in [-0.3, -0.25) is 4.68 Å². The maximum absolute atomic E-state index is 10.7. The van der Waals surface area contributed by atoms with E-state index in [0.717, 1.165) is 0 Å². The van der Waals surface area contributed by atoms with Gasteiger partial charge in [0, 0.05) is 13.2 Å². The van der Waals surface area contributed by atoms with Crippen molar-refractivity contribution in [2.45, 2.75) is 38.8 Å². The van der Waals surface area contributed by atoms with Gasteiger partial charge in [-0.05, 0) is 20.3 Å². The van der Waals surface area contributed by atoms with Crippen molar-refractivity contribution in [1.82, 2.24) is 9.78 Å². The molecule has 0 bridgehead atoms. The van der Waals surface area contributed by atoms with Gasteiger partial charge in [-0.2, -0.15) is 5.10 Å². The highest BCUT2D eigenvalue weighted by atomic mass is 16.5. The summed E-state index contributed by atoms with van der Waals surface area (Å²) in [6, 6.07) is 0.156. The van der Waals surface area contributed by atoms with Gasteiger partial charge in [-0.25, -0.2) is 0 Å². The predicted molar refractivity (Wildman–Crippen MR) is 65.2 cm³/mol. The lowest BCUT2D eigenvalue weighted by Crippen LogP contribution is -2.34. The van der Waals surface area contributed by atoms with E-state index in [-0.39, 0.29) is 12.6 Å². The van der Waals surface area contributed by atoms with E-state index in [1.807, 2.05) is 20.8 Å². The van der Waals surface area contributed by atoms with Crippen LogP contribution in [0.4, 0.5) is 0 Å². The molecule has 1 rings (SSSR count). The molecule has 5 heteroatoms. The first-order valence-corrected chi connectivity index (χ1v) is 5.83. The average Bonchev–Trinajstić information content (AvgIpc) is 2.73. The van der Waals surface area contributed by atoms with Crippen LogP contribution < -0.4 is 4.74 Å². The molecule has 1 atom stereocenters. The molecule has 0 amide bonds. The van der Waals surface area contributed by atoms with Gasteiger partial charge in [0.05, 0.1) is 19.9 Å². The second-order valence-corrected chi connectivity index (χ2v) is 4.42. The predicted octanol–water partition coefficient (Wildman–Crippen LogP) is 1.72. The molecule has 0 aromatic carbocycles. The van der Waals surface area contributed by atoms with Crippen molar-refractivity contribution < 1.29 is 14.6 Å². The summed E-state index contributed by atoms with van der Waals surface area (Å²) in [5, 5.41) is 14.9. The van der Waals surface area contributed by atoms with Gasteiger partial charge in [0.15, 0.2) is 5.75 Å². The van der Waals surface area contributed by atoms with Gasteiger partial charge < -0.3 is 14.6 Å². The number of hydrogen-bond acceptors (Lipinski definition) is 4. The molecule has 0 aliphatic rings. The molecule has 1 N–H and O–H groups in total. The highest BCUT2D eigenvalue weighted by molar-refractivity contribution is 5.31. The maximum atomic E-state index is 10.7. The highest BCUT2D eigenvalue weighted by Gasteiger charge is 2.35. The van der Waals surface area contributed by atoms with E-state index >= 15 is 0 Å². The lowest BCUT2D eigenvalue weighted by molar-refractivity contribution is -0.0469. The molecule has 0 fully saturated rings. The normalized spacial score (nSPS) is 15.0. The van der Waals surface area contributed by atoms with Gasteiger partial charge in [0.1, 0.15) is 11.3 Å². The van der Waals surface area contributed by atoms with Crippen LogP contribution in [0.3, 0.4) is 0 Å². The van der Waals surface area contributed by atoms with Crippen molar-refractivity contribution in [2.75, 3.05) is 20.8 Å². The fraction of sp³-hybridized carbons (Fsp3) is 0.750. The standard InChI is InChI=1S/C12H22N2O3/c1-6-12(15,8-16-4)11-10(17-5)7-13-14(11)9(2)3/h7,9,15H,6,8H2,1-5H3. The van der Waals surface area contributed by atoms with Crippen LogP contribution in [0, 0.1) is 0 Å². The Morgan fingerprint density at radius 3 is 2.53 bits per heavy atom. The molecule has 1 aromatic rings. The molecule has 0 aliphatic carbocycles. The summed E-state index contributed by atoms with van der Waals surface area (Å²) in [7, 11) is 3.15. The zero-order chi connectivity index (χ0) is 13.1. The number of methoxy groups -OCH3 is 2. The van der Waals surface area contributed by atoms with Gasteiger partial charge >= 0.3 is 0 Å². The second kappa shape index (κ2) is 5.51. The van der Waals surface area contributed by atoms with Crippen molar-refractivity contribution in [2.24, 2.45) is 0 Å². The maximum Gasteiger partial charge on any atom is 0.163 e. The largest absolute Gasteiger partial charge is 0.493 e. The van der Waals surface area contributed by atoms with Gasteiger partial charge in [0.2, 0.25) is 0 Å². The van der Waals surface area contributed by atoms with E-state index in [1.54, 1.807) is 25.1 Å². The van der Waals surface area contributed by atoms with Crippen LogP contribution in [0.15, 0.2) is 6.20 Å². The summed E-state index contributed by atoms with van der Waals surface area (Å²) in [6.45, 7) is 6.16. The number of hydrogen-bond donors (Lipinski definition) is 1. The molecule has 98 valence electrons. The third-order valence-electron chi connectivity index (χ3n) is 2.88. The summed E-state index contributed by atoms with van der Waals surface area (Å²) < 4.78 is 12.2. The number of aromatic nitrogens is 2. The van der Waals surface area contributed by atoms with Crippen molar-refractivity contribution >= 4 is 0 Å². The fourth-order valence-corrected chi connectivity index (χ4v) is 1.91. The molecule has 17 heavy (non-hydrogen) atoms. The Morgan fingerprint density at radius 2 is 2.12 bits per heavy atom. The minimum absolute atomic E-state index is 0.156.